The van der Waals surface area contributed by atoms with E-state index in [1.54, 1.807) is 25.4 Å². The van der Waals surface area contributed by atoms with Crippen LogP contribution in [0.1, 0.15) is 23.2 Å². The molecule has 1 amide bonds. The summed E-state index contributed by atoms with van der Waals surface area (Å²) in [7, 11) is -2.47. The molecule has 1 fully saturated rings. The van der Waals surface area contributed by atoms with Crippen molar-refractivity contribution in [1.29, 1.82) is 0 Å². The minimum Gasteiger partial charge on any atom is -0.473 e. The van der Waals surface area contributed by atoms with Gasteiger partial charge in [0.2, 0.25) is 5.88 Å². The molecule has 0 atom stereocenters. The summed E-state index contributed by atoms with van der Waals surface area (Å²) in [4.78, 5) is 16.6. The van der Waals surface area contributed by atoms with E-state index in [9.17, 15) is 13.2 Å². The maximum absolute atomic E-state index is 12.6. The number of ether oxygens (including phenoxy) is 1. The first-order valence-electron chi connectivity index (χ1n) is 8.16. The van der Waals surface area contributed by atoms with Crippen LogP contribution in [0.4, 0.5) is 0 Å². The molecule has 0 aromatic carbocycles. The Bertz CT molecular complexity index is 1100. The molecule has 3 heterocycles. The van der Waals surface area contributed by atoms with Crippen LogP contribution in [0.5, 0.6) is 5.88 Å². The van der Waals surface area contributed by atoms with Crippen molar-refractivity contribution in [2.45, 2.75) is 23.8 Å². The number of nitrogens with zero attached hydrogens (tertiary/aromatic N) is 5. The van der Waals surface area contributed by atoms with Gasteiger partial charge in [-0.2, -0.15) is 5.10 Å². The minimum absolute atomic E-state index is 0.0611. The second-order valence-corrected chi connectivity index (χ2v) is 7.76. The van der Waals surface area contributed by atoms with Crippen LogP contribution >= 0.6 is 0 Å². The van der Waals surface area contributed by atoms with Gasteiger partial charge in [-0.25, -0.2) is 22.8 Å². The fourth-order valence-corrected chi connectivity index (χ4v) is 3.32. The first-order valence-corrected chi connectivity index (χ1v) is 9.64. The van der Waals surface area contributed by atoms with Crippen molar-refractivity contribution < 1.29 is 17.9 Å². The number of aryl methyl sites for hydroxylation is 1. The quantitative estimate of drug-likeness (QED) is 0.658. The van der Waals surface area contributed by atoms with Gasteiger partial charge in [-0.1, -0.05) is 0 Å². The third kappa shape index (κ3) is 3.67. The molecule has 11 heteroatoms. The fourth-order valence-electron chi connectivity index (χ4n) is 2.37. The van der Waals surface area contributed by atoms with Crippen molar-refractivity contribution in [3.05, 3.63) is 48.5 Å². The summed E-state index contributed by atoms with van der Waals surface area (Å²) in [5.74, 6) is -0.193. The van der Waals surface area contributed by atoms with Crippen molar-refractivity contribution in [1.82, 2.24) is 29.3 Å². The summed E-state index contributed by atoms with van der Waals surface area (Å²) < 4.78 is 35.1. The summed E-state index contributed by atoms with van der Waals surface area (Å²) in [5.41, 5.74) is 0.0611. The molecule has 3 aromatic heterocycles. The van der Waals surface area contributed by atoms with E-state index in [-0.39, 0.29) is 22.4 Å². The van der Waals surface area contributed by atoms with Crippen molar-refractivity contribution in [2.24, 2.45) is 7.05 Å². The highest BCUT2D eigenvalue weighted by atomic mass is 32.2. The van der Waals surface area contributed by atoms with Crippen LogP contribution < -0.4 is 9.46 Å². The van der Waals surface area contributed by atoms with Gasteiger partial charge in [0.25, 0.3) is 15.9 Å². The van der Waals surface area contributed by atoms with E-state index in [2.05, 4.69) is 15.2 Å². The molecule has 3 aromatic rings. The molecular weight excluding hydrogens is 372 g/mol. The van der Waals surface area contributed by atoms with E-state index in [0.717, 1.165) is 19.0 Å². The summed E-state index contributed by atoms with van der Waals surface area (Å²) in [6.45, 7) is 0. The molecule has 140 valence electrons. The highest BCUT2D eigenvalue weighted by Crippen LogP contribution is 2.26. The van der Waals surface area contributed by atoms with Crippen LogP contribution in [0.3, 0.4) is 0 Å². The molecule has 0 unspecified atom stereocenters. The lowest BCUT2D eigenvalue weighted by molar-refractivity contribution is 0.0981. The normalized spacial score (nSPS) is 14.1. The lowest BCUT2D eigenvalue weighted by atomic mass is 10.2. The molecule has 4 rings (SSSR count). The number of hydrogen-bond acceptors (Lipinski definition) is 7. The van der Waals surface area contributed by atoms with Crippen LogP contribution in [0.2, 0.25) is 0 Å². The Morgan fingerprint density at radius 3 is 2.85 bits per heavy atom. The topological polar surface area (TPSA) is 121 Å². The number of nitrogens with one attached hydrogen (secondary N) is 1. The summed E-state index contributed by atoms with van der Waals surface area (Å²) in [6.07, 6.45) is 7.73. The van der Waals surface area contributed by atoms with Crippen LogP contribution in [-0.2, 0) is 17.1 Å². The number of rotatable bonds is 6. The molecule has 0 aliphatic heterocycles. The standard InChI is InChI=1S/C16H16N6O4S/c1-21-10-12(9-18-21)27(24,25)20-16(23)13-3-2-7-17-15(13)22-8-6-14(19-22)26-11-4-5-11/h2-3,6-11H,4-5H2,1H3,(H,20,23). The number of pyridine rings is 1. The van der Waals surface area contributed by atoms with Gasteiger partial charge in [-0.3, -0.25) is 9.48 Å². The highest BCUT2D eigenvalue weighted by molar-refractivity contribution is 7.90. The van der Waals surface area contributed by atoms with E-state index in [1.165, 1.54) is 27.8 Å². The molecule has 1 saturated carbocycles. The minimum atomic E-state index is -4.05. The molecule has 1 N–H and O–H groups in total. The van der Waals surface area contributed by atoms with E-state index < -0.39 is 15.9 Å². The van der Waals surface area contributed by atoms with Gasteiger partial charge < -0.3 is 4.74 Å². The SMILES string of the molecule is Cn1cc(S(=O)(=O)NC(=O)c2cccnc2-n2ccc(OC3CC3)n2)cn1. The number of aromatic nitrogens is 5. The van der Waals surface area contributed by atoms with Gasteiger partial charge in [0.05, 0.1) is 11.8 Å². The second-order valence-electron chi connectivity index (χ2n) is 6.07. The predicted molar refractivity (Wildman–Crippen MR) is 92.9 cm³/mol. The Morgan fingerprint density at radius 1 is 1.33 bits per heavy atom. The molecule has 10 nitrogen and oxygen atoms in total. The maximum Gasteiger partial charge on any atom is 0.268 e. The van der Waals surface area contributed by atoms with Crippen LogP contribution in [-0.4, -0.2) is 45.0 Å². The zero-order chi connectivity index (χ0) is 19.0. The maximum atomic E-state index is 12.6. The lowest BCUT2D eigenvalue weighted by Crippen LogP contribution is -2.31. The fraction of sp³-hybridized carbons (Fsp3) is 0.250. The van der Waals surface area contributed by atoms with Gasteiger partial charge in [0.15, 0.2) is 5.82 Å². The van der Waals surface area contributed by atoms with Gasteiger partial charge in [-0.15, -0.1) is 5.10 Å². The third-order valence-electron chi connectivity index (χ3n) is 3.84. The average Bonchev–Trinajstić information content (AvgIpc) is 3.13. The zero-order valence-corrected chi connectivity index (χ0v) is 15.1. The van der Waals surface area contributed by atoms with Gasteiger partial charge in [-0.05, 0) is 25.0 Å². The Labute approximate surface area is 154 Å². The van der Waals surface area contributed by atoms with Crippen molar-refractivity contribution in [2.75, 3.05) is 0 Å². The van der Waals surface area contributed by atoms with Crippen LogP contribution in [0.25, 0.3) is 5.82 Å². The number of sulfonamides is 1. The number of carbonyl (C=O) groups excluding carboxylic acids is 1. The Balaban J connectivity index is 1.60. The monoisotopic (exact) mass is 388 g/mol. The molecular formula is C16H16N6O4S. The Kier molecular flexibility index (Phi) is 4.15. The largest absolute Gasteiger partial charge is 0.473 e. The van der Waals surface area contributed by atoms with E-state index in [0.29, 0.717) is 5.88 Å². The van der Waals surface area contributed by atoms with Gasteiger partial charge in [0.1, 0.15) is 11.0 Å². The van der Waals surface area contributed by atoms with Crippen LogP contribution in [0.15, 0.2) is 47.9 Å². The van der Waals surface area contributed by atoms with Gasteiger partial charge >= 0.3 is 0 Å². The first kappa shape index (κ1) is 17.2. The Morgan fingerprint density at radius 2 is 2.15 bits per heavy atom. The predicted octanol–water partition coefficient (Wildman–Crippen LogP) is 0.661. The highest BCUT2D eigenvalue weighted by Gasteiger charge is 2.26. The van der Waals surface area contributed by atoms with Gasteiger partial charge in [0, 0.05) is 31.7 Å². The van der Waals surface area contributed by atoms with Crippen molar-refractivity contribution in [3.8, 4) is 11.7 Å². The molecule has 0 spiro atoms. The first-order chi connectivity index (χ1) is 12.9. The second kappa shape index (κ2) is 6.50. The average molecular weight is 388 g/mol. The Hall–Kier alpha value is -3.21. The lowest BCUT2D eigenvalue weighted by Gasteiger charge is -2.09. The van der Waals surface area contributed by atoms with E-state index in [1.807, 2.05) is 4.72 Å². The molecule has 0 radical (unpaired) electrons. The smallest absolute Gasteiger partial charge is 0.268 e. The number of carbonyl (C=O) groups is 1. The third-order valence-corrected chi connectivity index (χ3v) is 5.13. The summed E-state index contributed by atoms with van der Waals surface area (Å²) in [6, 6.07) is 4.68. The number of hydrogen-bond donors (Lipinski definition) is 1. The van der Waals surface area contributed by atoms with E-state index in [4.69, 9.17) is 4.74 Å². The molecule has 0 bridgehead atoms. The number of amides is 1. The molecule has 27 heavy (non-hydrogen) atoms. The summed E-state index contributed by atoms with van der Waals surface area (Å²) in [5, 5.41) is 8.06. The zero-order valence-electron chi connectivity index (χ0n) is 14.3. The van der Waals surface area contributed by atoms with Crippen molar-refractivity contribution in [3.63, 3.8) is 0 Å². The van der Waals surface area contributed by atoms with E-state index >= 15 is 0 Å². The molecule has 0 saturated heterocycles. The molecule has 1 aliphatic carbocycles. The molecule has 1 aliphatic rings. The van der Waals surface area contributed by atoms with Crippen LogP contribution in [0, 0.1) is 0 Å². The summed E-state index contributed by atoms with van der Waals surface area (Å²) >= 11 is 0. The van der Waals surface area contributed by atoms with Crippen molar-refractivity contribution >= 4 is 15.9 Å².